The summed E-state index contributed by atoms with van der Waals surface area (Å²) in [6.45, 7) is 2.38. The third-order valence-electron chi connectivity index (χ3n) is 15.2. The fourth-order valence-electron chi connectivity index (χ4n) is 12.9. The van der Waals surface area contributed by atoms with Crippen molar-refractivity contribution in [2.24, 2.45) is 23.7 Å². The van der Waals surface area contributed by atoms with Crippen molar-refractivity contribution in [1.82, 2.24) is 0 Å². The van der Waals surface area contributed by atoms with Gasteiger partial charge in [0.25, 0.3) is 0 Å². The first-order valence-electron chi connectivity index (χ1n) is 22.7. The van der Waals surface area contributed by atoms with Gasteiger partial charge in [0.2, 0.25) is 0 Å². The van der Waals surface area contributed by atoms with Gasteiger partial charge >= 0.3 is 0 Å². The summed E-state index contributed by atoms with van der Waals surface area (Å²) in [6.07, 6.45) is 14.0. The summed E-state index contributed by atoms with van der Waals surface area (Å²) < 4.78 is 6.93. The summed E-state index contributed by atoms with van der Waals surface area (Å²) in [6, 6.07) is 62.0. The molecule has 8 aromatic rings. The second-order valence-electron chi connectivity index (χ2n) is 18.3. The van der Waals surface area contributed by atoms with Crippen LogP contribution in [0.4, 0.5) is 17.1 Å². The molecule has 5 aliphatic rings. The molecule has 0 amide bonds. The van der Waals surface area contributed by atoms with Gasteiger partial charge in [-0.15, -0.1) is 0 Å². The van der Waals surface area contributed by atoms with Crippen molar-refractivity contribution in [3.8, 4) is 22.3 Å². The molecule has 0 aliphatic heterocycles. The summed E-state index contributed by atoms with van der Waals surface area (Å²) in [5.74, 6) is 3.39. The highest BCUT2D eigenvalue weighted by atomic mass is 16.3. The fourth-order valence-corrected chi connectivity index (χ4v) is 12.9. The van der Waals surface area contributed by atoms with Crippen LogP contribution in [-0.4, -0.2) is 0 Å². The predicted molar refractivity (Wildman–Crippen MR) is 254 cm³/mol. The smallest absolute Gasteiger partial charge is 0.139 e. The van der Waals surface area contributed by atoms with Crippen molar-refractivity contribution in [2.45, 2.75) is 57.3 Å². The minimum atomic E-state index is 0.175. The van der Waals surface area contributed by atoms with Crippen LogP contribution in [0.15, 0.2) is 192 Å². The molecule has 4 fully saturated rings. The van der Waals surface area contributed by atoms with E-state index in [2.05, 4.69) is 194 Å². The molecule has 1 spiro atoms. The Labute approximate surface area is 359 Å². The van der Waals surface area contributed by atoms with E-state index in [-0.39, 0.29) is 5.41 Å². The second-order valence-corrected chi connectivity index (χ2v) is 18.3. The second kappa shape index (κ2) is 14.7. The van der Waals surface area contributed by atoms with Crippen molar-refractivity contribution >= 4 is 44.6 Å². The summed E-state index contributed by atoms with van der Waals surface area (Å²) in [5, 5.41) is 2.29. The van der Waals surface area contributed by atoms with E-state index in [1.54, 1.807) is 16.7 Å². The average Bonchev–Trinajstić information content (AvgIpc) is 3.84. The molecular weight excluding hydrogens is 739 g/mol. The zero-order valence-electron chi connectivity index (χ0n) is 34.9. The van der Waals surface area contributed by atoms with Crippen LogP contribution >= 0.6 is 0 Å². The molecule has 13 rings (SSSR count). The van der Waals surface area contributed by atoms with Crippen LogP contribution in [0.5, 0.6) is 0 Å². The molecule has 1 aromatic heterocycles. The third kappa shape index (κ3) is 5.82. The summed E-state index contributed by atoms with van der Waals surface area (Å²) in [5.41, 5.74) is 17.8. The first kappa shape index (κ1) is 36.5. The SMILES string of the molecule is CCC1=C(/C=C\Cc2cccc3c2oc2cccc(N(c4ccc(-c5ccccc5)cc4)c4ccc(-c5ccccc5)cc4)c23)C2(c3ccccc31)C1CC3CC(C1)CC2C3. The van der Waals surface area contributed by atoms with E-state index in [1.807, 2.05) is 0 Å². The van der Waals surface area contributed by atoms with Crippen LogP contribution in [-0.2, 0) is 11.8 Å². The zero-order chi connectivity index (χ0) is 40.5. The number of allylic oxidation sites excluding steroid dienone is 4. The number of anilines is 3. The number of hydrogen-bond donors (Lipinski definition) is 0. The number of hydrogen-bond acceptors (Lipinski definition) is 2. The summed E-state index contributed by atoms with van der Waals surface area (Å²) in [7, 11) is 0. The number of para-hydroxylation sites is 1. The number of rotatable bonds is 9. The average molecular weight is 790 g/mol. The number of fused-ring (bicyclic) bond motifs is 4. The molecule has 7 aromatic carbocycles. The molecule has 61 heavy (non-hydrogen) atoms. The largest absolute Gasteiger partial charge is 0.456 e. The van der Waals surface area contributed by atoms with E-state index in [1.165, 1.54) is 65.5 Å². The Morgan fingerprint density at radius 1 is 0.574 bits per heavy atom. The molecule has 2 nitrogen and oxygen atoms in total. The van der Waals surface area contributed by atoms with Crippen LogP contribution in [0.2, 0.25) is 0 Å². The van der Waals surface area contributed by atoms with Crippen LogP contribution in [0.3, 0.4) is 0 Å². The lowest BCUT2D eigenvalue weighted by Crippen LogP contribution is -2.55. The molecule has 0 unspecified atom stereocenters. The summed E-state index contributed by atoms with van der Waals surface area (Å²) >= 11 is 0. The van der Waals surface area contributed by atoms with Crippen LogP contribution in [0.1, 0.15) is 62.1 Å². The maximum atomic E-state index is 6.93. The summed E-state index contributed by atoms with van der Waals surface area (Å²) in [4.78, 5) is 2.40. The fraction of sp³-hybridized carbons (Fsp3) is 0.220. The van der Waals surface area contributed by atoms with Gasteiger partial charge in [-0.25, -0.2) is 0 Å². The number of benzene rings is 7. The number of furan rings is 1. The molecule has 0 atom stereocenters. The topological polar surface area (TPSA) is 16.4 Å². The molecular formula is C59H51NO. The van der Waals surface area contributed by atoms with Crippen LogP contribution in [0.25, 0.3) is 49.8 Å². The van der Waals surface area contributed by atoms with Gasteiger partial charge < -0.3 is 9.32 Å². The van der Waals surface area contributed by atoms with Crippen LogP contribution in [0, 0.1) is 23.7 Å². The van der Waals surface area contributed by atoms with Gasteiger partial charge in [-0.3, -0.25) is 0 Å². The van der Waals surface area contributed by atoms with Crippen molar-refractivity contribution in [3.63, 3.8) is 0 Å². The molecule has 2 heteroatoms. The highest BCUT2D eigenvalue weighted by Crippen LogP contribution is 2.69. The molecule has 1 heterocycles. The van der Waals surface area contributed by atoms with E-state index in [0.717, 1.165) is 75.5 Å². The molecule has 0 saturated heterocycles. The molecule has 0 N–H and O–H groups in total. The first-order chi connectivity index (χ1) is 30.2. The van der Waals surface area contributed by atoms with E-state index in [0.29, 0.717) is 0 Å². The van der Waals surface area contributed by atoms with Gasteiger partial charge in [-0.05, 0) is 155 Å². The monoisotopic (exact) mass is 789 g/mol. The molecule has 0 radical (unpaired) electrons. The van der Waals surface area contributed by atoms with Crippen LogP contribution < -0.4 is 4.90 Å². The van der Waals surface area contributed by atoms with Gasteiger partial charge in [0.15, 0.2) is 0 Å². The third-order valence-corrected chi connectivity index (χ3v) is 15.2. The molecule has 4 saturated carbocycles. The first-order valence-corrected chi connectivity index (χ1v) is 22.7. The normalized spacial score (nSPS) is 22.6. The Balaban J connectivity index is 0.941. The number of nitrogens with zero attached hydrogens (tertiary/aromatic N) is 1. The molecule has 5 aliphatic carbocycles. The molecule has 4 bridgehead atoms. The van der Waals surface area contributed by atoms with Gasteiger partial charge in [0.05, 0.1) is 11.1 Å². The van der Waals surface area contributed by atoms with E-state index in [4.69, 9.17) is 4.42 Å². The minimum Gasteiger partial charge on any atom is -0.456 e. The van der Waals surface area contributed by atoms with Crippen molar-refractivity contribution in [2.75, 3.05) is 4.90 Å². The quantitative estimate of drug-likeness (QED) is 0.145. The van der Waals surface area contributed by atoms with Gasteiger partial charge in [0.1, 0.15) is 11.2 Å². The van der Waals surface area contributed by atoms with Gasteiger partial charge in [-0.2, -0.15) is 0 Å². The zero-order valence-corrected chi connectivity index (χ0v) is 34.9. The molecule has 298 valence electrons. The van der Waals surface area contributed by atoms with Crippen molar-refractivity contribution in [1.29, 1.82) is 0 Å². The standard InChI is InChI=1S/C59H51NO/c1-2-50-51-20-9-10-22-54(51)59(46-35-39-34-40(37-46)38-47(59)36-39)53(50)23-12-19-45-18-11-21-52-57-55(24-13-25-56(57)61-58(45)52)60(48-30-26-43(27-31-48)41-14-5-3-6-15-41)49-32-28-44(29-33-49)42-16-7-4-8-17-42/h3-18,20-33,39-40,46-47H,2,19,34-38H2,1H3/b23-12-. The van der Waals surface area contributed by atoms with Crippen molar-refractivity contribution < 1.29 is 4.42 Å². The lowest BCUT2D eigenvalue weighted by Gasteiger charge is -2.61. The highest BCUT2D eigenvalue weighted by Gasteiger charge is 2.61. The lowest BCUT2D eigenvalue weighted by molar-refractivity contribution is -0.0407. The maximum Gasteiger partial charge on any atom is 0.139 e. The Hall–Kier alpha value is -6.38. The van der Waals surface area contributed by atoms with E-state index < -0.39 is 0 Å². The Morgan fingerprint density at radius 2 is 1.15 bits per heavy atom. The minimum absolute atomic E-state index is 0.175. The highest BCUT2D eigenvalue weighted by molar-refractivity contribution is 6.14. The Morgan fingerprint density at radius 3 is 1.77 bits per heavy atom. The Kier molecular flexibility index (Phi) is 8.77. The van der Waals surface area contributed by atoms with Gasteiger partial charge in [-0.1, -0.05) is 153 Å². The van der Waals surface area contributed by atoms with E-state index in [9.17, 15) is 0 Å². The van der Waals surface area contributed by atoms with Gasteiger partial charge in [0, 0.05) is 22.2 Å². The predicted octanol–water partition coefficient (Wildman–Crippen LogP) is 16.1. The Bertz CT molecular complexity index is 2860. The maximum absolute atomic E-state index is 6.93. The van der Waals surface area contributed by atoms with Crippen molar-refractivity contribution in [3.05, 3.63) is 204 Å². The lowest BCUT2D eigenvalue weighted by atomic mass is 9.42. The van der Waals surface area contributed by atoms with E-state index >= 15 is 0 Å².